The average Bonchev–Trinajstić information content (AvgIpc) is 2.26. The number of rotatable bonds is 7. The van der Waals surface area contributed by atoms with Gasteiger partial charge in [-0.2, -0.15) is 0 Å². The Balaban J connectivity index is 3.71. The van der Waals surface area contributed by atoms with Crippen LogP contribution in [-0.2, 0) is 19.1 Å². The number of carbonyl (C=O) groups excluding carboxylic acids is 2. The van der Waals surface area contributed by atoms with Crippen LogP contribution in [0.15, 0.2) is 0 Å². The molecule has 0 aliphatic heterocycles. The van der Waals surface area contributed by atoms with Gasteiger partial charge >= 0.3 is 11.9 Å². The van der Waals surface area contributed by atoms with Gasteiger partial charge in [-0.25, -0.2) is 0 Å². The lowest BCUT2D eigenvalue weighted by Crippen LogP contribution is -2.18. The third-order valence-corrected chi connectivity index (χ3v) is 2.35. The summed E-state index contributed by atoms with van der Waals surface area (Å²) >= 11 is 0. The lowest BCUT2D eigenvalue weighted by atomic mass is 10.3. The first-order chi connectivity index (χ1) is 7.49. The van der Waals surface area contributed by atoms with Crippen molar-refractivity contribution in [3.05, 3.63) is 0 Å². The molecule has 0 radical (unpaired) electrons. The van der Waals surface area contributed by atoms with Crippen LogP contribution < -0.4 is 0 Å². The molecule has 0 rings (SSSR count). The summed E-state index contributed by atoms with van der Waals surface area (Å²) in [4.78, 5) is 22.5. The Morgan fingerprint density at radius 3 is 1.44 bits per heavy atom. The molecule has 0 spiro atoms. The largest absolute Gasteiger partial charge is 0.463 e. The molecule has 4 heteroatoms. The number of esters is 2. The second-order valence-electron chi connectivity index (χ2n) is 3.92. The quantitative estimate of drug-likeness (QED) is 0.630. The first-order valence-corrected chi connectivity index (χ1v) is 5.88. The van der Waals surface area contributed by atoms with Gasteiger partial charge in [0.2, 0.25) is 0 Å². The summed E-state index contributed by atoms with van der Waals surface area (Å²) in [6.45, 7) is 7.54. The molecule has 0 aliphatic carbocycles. The fraction of sp³-hybridized carbons (Fsp3) is 0.833. The van der Waals surface area contributed by atoms with Gasteiger partial charge in [0, 0.05) is 0 Å². The van der Waals surface area contributed by atoms with E-state index in [9.17, 15) is 9.59 Å². The molecule has 0 amide bonds. The molecule has 0 unspecified atom stereocenters. The van der Waals surface area contributed by atoms with Crippen LogP contribution in [0.5, 0.6) is 0 Å². The molecule has 0 saturated heterocycles. The third-order valence-electron chi connectivity index (χ3n) is 2.35. The van der Waals surface area contributed by atoms with Gasteiger partial charge in [0.25, 0.3) is 0 Å². The van der Waals surface area contributed by atoms with Crippen LogP contribution in [0.2, 0.25) is 0 Å². The highest BCUT2D eigenvalue weighted by Gasteiger charge is 2.13. The SMILES string of the molecule is CC[C@@H](C)OC(=O)CCC(=O)O[C@@H](C)CC. The summed E-state index contributed by atoms with van der Waals surface area (Å²) in [5.74, 6) is -0.675. The molecular weight excluding hydrogens is 208 g/mol. The first-order valence-electron chi connectivity index (χ1n) is 5.88. The van der Waals surface area contributed by atoms with E-state index in [1.165, 1.54) is 0 Å². The molecule has 4 nitrogen and oxygen atoms in total. The molecule has 0 aromatic heterocycles. The Labute approximate surface area is 97.3 Å². The van der Waals surface area contributed by atoms with E-state index in [4.69, 9.17) is 9.47 Å². The molecular formula is C12H22O4. The Morgan fingerprint density at radius 2 is 1.19 bits per heavy atom. The second kappa shape index (κ2) is 8.13. The summed E-state index contributed by atoms with van der Waals surface area (Å²) in [5.41, 5.74) is 0. The molecule has 2 atom stereocenters. The van der Waals surface area contributed by atoms with Crippen molar-refractivity contribution in [1.82, 2.24) is 0 Å². The summed E-state index contributed by atoms with van der Waals surface area (Å²) < 4.78 is 10.1. The van der Waals surface area contributed by atoms with Crippen LogP contribution in [0.3, 0.4) is 0 Å². The van der Waals surface area contributed by atoms with E-state index in [0.717, 1.165) is 12.8 Å². The minimum atomic E-state index is -0.338. The van der Waals surface area contributed by atoms with Crippen molar-refractivity contribution < 1.29 is 19.1 Å². The molecule has 0 aromatic carbocycles. The highest BCUT2D eigenvalue weighted by Crippen LogP contribution is 2.04. The summed E-state index contributed by atoms with van der Waals surface area (Å²) in [6.07, 6.45) is 1.59. The number of hydrogen-bond donors (Lipinski definition) is 0. The van der Waals surface area contributed by atoms with Crippen LogP contribution in [0.1, 0.15) is 53.4 Å². The molecule has 94 valence electrons. The maximum absolute atomic E-state index is 11.2. The average molecular weight is 230 g/mol. The van der Waals surface area contributed by atoms with E-state index < -0.39 is 0 Å². The zero-order valence-electron chi connectivity index (χ0n) is 10.6. The summed E-state index contributed by atoms with van der Waals surface area (Å²) in [7, 11) is 0. The Morgan fingerprint density at radius 1 is 0.875 bits per heavy atom. The van der Waals surface area contributed by atoms with Crippen molar-refractivity contribution in [2.75, 3.05) is 0 Å². The Bertz CT molecular complexity index is 201. The van der Waals surface area contributed by atoms with E-state index in [-0.39, 0.29) is 37.0 Å². The van der Waals surface area contributed by atoms with E-state index >= 15 is 0 Å². The summed E-state index contributed by atoms with van der Waals surface area (Å²) in [6, 6.07) is 0. The lowest BCUT2D eigenvalue weighted by molar-refractivity contribution is -0.155. The van der Waals surface area contributed by atoms with Crippen molar-refractivity contribution in [3.63, 3.8) is 0 Å². The van der Waals surface area contributed by atoms with Gasteiger partial charge in [-0.1, -0.05) is 13.8 Å². The highest BCUT2D eigenvalue weighted by molar-refractivity contribution is 5.77. The normalized spacial score (nSPS) is 14.0. The second-order valence-corrected chi connectivity index (χ2v) is 3.92. The lowest BCUT2D eigenvalue weighted by Gasteiger charge is -2.12. The Kier molecular flexibility index (Phi) is 7.60. The zero-order chi connectivity index (χ0) is 12.6. The first kappa shape index (κ1) is 14.9. The van der Waals surface area contributed by atoms with Crippen LogP contribution in [0, 0.1) is 0 Å². The standard InChI is InChI=1S/C12H22O4/c1-5-9(3)15-11(13)7-8-12(14)16-10(4)6-2/h9-10H,5-8H2,1-4H3/t9-,10+. The number of hydrogen-bond acceptors (Lipinski definition) is 4. The van der Waals surface area contributed by atoms with Crippen molar-refractivity contribution in [3.8, 4) is 0 Å². The maximum Gasteiger partial charge on any atom is 0.306 e. The fourth-order valence-electron chi connectivity index (χ4n) is 0.937. The molecule has 16 heavy (non-hydrogen) atoms. The van der Waals surface area contributed by atoms with Gasteiger partial charge < -0.3 is 9.47 Å². The molecule has 0 bridgehead atoms. The topological polar surface area (TPSA) is 52.6 Å². The van der Waals surface area contributed by atoms with E-state index in [0.29, 0.717) is 0 Å². The van der Waals surface area contributed by atoms with Crippen molar-refractivity contribution in [1.29, 1.82) is 0 Å². The predicted molar refractivity (Wildman–Crippen MR) is 60.9 cm³/mol. The monoisotopic (exact) mass is 230 g/mol. The molecule has 0 saturated carbocycles. The predicted octanol–water partition coefficient (Wildman–Crippen LogP) is 2.45. The fourth-order valence-corrected chi connectivity index (χ4v) is 0.937. The zero-order valence-corrected chi connectivity index (χ0v) is 10.6. The van der Waals surface area contributed by atoms with Gasteiger partial charge in [0.1, 0.15) is 0 Å². The van der Waals surface area contributed by atoms with E-state index in [1.54, 1.807) is 0 Å². The van der Waals surface area contributed by atoms with E-state index in [2.05, 4.69) is 0 Å². The van der Waals surface area contributed by atoms with Gasteiger partial charge in [0.15, 0.2) is 0 Å². The highest BCUT2D eigenvalue weighted by atomic mass is 16.5. The van der Waals surface area contributed by atoms with Crippen molar-refractivity contribution in [2.45, 2.75) is 65.6 Å². The van der Waals surface area contributed by atoms with Crippen molar-refractivity contribution in [2.24, 2.45) is 0 Å². The Hall–Kier alpha value is -1.06. The van der Waals surface area contributed by atoms with Crippen LogP contribution in [0.25, 0.3) is 0 Å². The molecule has 0 fully saturated rings. The smallest absolute Gasteiger partial charge is 0.306 e. The molecule has 0 heterocycles. The van der Waals surface area contributed by atoms with Crippen LogP contribution in [-0.4, -0.2) is 24.1 Å². The number of ether oxygens (including phenoxy) is 2. The molecule has 0 N–H and O–H groups in total. The van der Waals surface area contributed by atoms with Crippen LogP contribution >= 0.6 is 0 Å². The minimum Gasteiger partial charge on any atom is -0.463 e. The van der Waals surface area contributed by atoms with Gasteiger partial charge in [-0.05, 0) is 26.7 Å². The molecule has 0 aromatic rings. The van der Waals surface area contributed by atoms with Crippen LogP contribution in [0.4, 0.5) is 0 Å². The summed E-state index contributed by atoms with van der Waals surface area (Å²) in [5, 5.41) is 0. The van der Waals surface area contributed by atoms with Crippen molar-refractivity contribution >= 4 is 11.9 Å². The van der Waals surface area contributed by atoms with E-state index in [1.807, 2.05) is 27.7 Å². The maximum atomic E-state index is 11.2. The molecule has 0 aliphatic rings. The minimum absolute atomic E-state index is 0.0851. The third kappa shape index (κ3) is 7.26. The number of carbonyl (C=O) groups is 2. The van der Waals surface area contributed by atoms with Gasteiger partial charge in [-0.3, -0.25) is 9.59 Å². The van der Waals surface area contributed by atoms with Gasteiger partial charge in [0.05, 0.1) is 25.0 Å². The van der Waals surface area contributed by atoms with Gasteiger partial charge in [-0.15, -0.1) is 0 Å².